The number of hydrogen-bond donors (Lipinski definition) is 0. The molecular weight excluding hydrogens is 429 g/mol. The minimum Gasteiger partial charge on any atom is -0.497 e. The lowest BCUT2D eigenvalue weighted by Crippen LogP contribution is -2.42. The SMILES string of the molecule is COc1ccc(C2CN(C)Cc3cc(OCCCN4CCCC(C(F)(F)F)C4)ccc32)cc1. The Morgan fingerprint density at radius 1 is 1.03 bits per heavy atom. The Bertz CT molecular complexity index is 917. The number of hydrogen-bond acceptors (Lipinski definition) is 4. The van der Waals surface area contributed by atoms with Crippen LogP contribution < -0.4 is 9.47 Å². The second-order valence-corrected chi connectivity index (χ2v) is 9.27. The zero-order valence-corrected chi connectivity index (χ0v) is 19.4. The van der Waals surface area contributed by atoms with Gasteiger partial charge in [0.15, 0.2) is 0 Å². The number of fused-ring (bicyclic) bond motifs is 1. The number of ether oxygens (including phenoxy) is 2. The molecule has 0 saturated carbocycles. The molecule has 0 spiro atoms. The van der Waals surface area contributed by atoms with Crippen LogP contribution in [0.1, 0.15) is 41.9 Å². The van der Waals surface area contributed by atoms with E-state index in [0.29, 0.717) is 25.5 Å². The van der Waals surface area contributed by atoms with Crippen LogP contribution in [-0.4, -0.2) is 62.9 Å². The number of benzene rings is 2. The van der Waals surface area contributed by atoms with Crippen molar-refractivity contribution in [3.05, 3.63) is 59.2 Å². The summed E-state index contributed by atoms with van der Waals surface area (Å²) in [6.07, 6.45) is -2.51. The first-order valence-corrected chi connectivity index (χ1v) is 11.7. The Morgan fingerprint density at radius 2 is 1.79 bits per heavy atom. The molecule has 2 heterocycles. The van der Waals surface area contributed by atoms with Gasteiger partial charge in [-0.25, -0.2) is 0 Å². The number of nitrogens with zero attached hydrogens (tertiary/aromatic N) is 2. The van der Waals surface area contributed by atoms with Gasteiger partial charge in [-0.3, -0.25) is 0 Å². The molecule has 4 nitrogen and oxygen atoms in total. The maximum atomic E-state index is 13.0. The van der Waals surface area contributed by atoms with Gasteiger partial charge in [0.25, 0.3) is 0 Å². The van der Waals surface area contributed by atoms with Crippen molar-refractivity contribution in [3.63, 3.8) is 0 Å². The first-order chi connectivity index (χ1) is 15.8. The van der Waals surface area contributed by atoms with Crippen LogP contribution in [0.4, 0.5) is 13.2 Å². The van der Waals surface area contributed by atoms with Crippen LogP contribution in [0.25, 0.3) is 0 Å². The largest absolute Gasteiger partial charge is 0.497 e. The quantitative estimate of drug-likeness (QED) is 0.521. The Kier molecular flexibility index (Phi) is 7.49. The van der Waals surface area contributed by atoms with Gasteiger partial charge in [-0.15, -0.1) is 0 Å². The van der Waals surface area contributed by atoms with Gasteiger partial charge in [-0.1, -0.05) is 18.2 Å². The highest BCUT2D eigenvalue weighted by Crippen LogP contribution is 2.36. The van der Waals surface area contributed by atoms with Crippen molar-refractivity contribution < 1.29 is 22.6 Å². The summed E-state index contributed by atoms with van der Waals surface area (Å²) in [5, 5.41) is 0. The van der Waals surface area contributed by atoms with Crippen molar-refractivity contribution in [1.29, 1.82) is 0 Å². The molecular formula is C26H33F3N2O2. The minimum atomic E-state index is -4.09. The van der Waals surface area contributed by atoms with Gasteiger partial charge in [0, 0.05) is 32.1 Å². The lowest BCUT2D eigenvalue weighted by Gasteiger charge is -2.33. The van der Waals surface area contributed by atoms with E-state index in [4.69, 9.17) is 9.47 Å². The van der Waals surface area contributed by atoms with Gasteiger partial charge in [0.1, 0.15) is 11.5 Å². The Labute approximate surface area is 194 Å². The third-order valence-electron chi connectivity index (χ3n) is 6.80. The number of halogens is 3. The molecule has 2 aliphatic rings. The normalized spacial score (nSPS) is 22.1. The van der Waals surface area contributed by atoms with Crippen LogP contribution in [0.15, 0.2) is 42.5 Å². The molecule has 0 aliphatic carbocycles. The van der Waals surface area contributed by atoms with Crippen LogP contribution in [-0.2, 0) is 6.54 Å². The van der Waals surface area contributed by atoms with E-state index in [1.165, 1.54) is 16.7 Å². The second-order valence-electron chi connectivity index (χ2n) is 9.27. The van der Waals surface area contributed by atoms with Crippen LogP contribution >= 0.6 is 0 Å². The number of methoxy groups -OCH3 is 1. The lowest BCUT2D eigenvalue weighted by atomic mass is 9.84. The smallest absolute Gasteiger partial charge is 0.393 e. The van der Waals surface area contributed by atoms with E-state index in [1.807, 2.05) is 23.1 Å². The molecule has 2 atom stereocenters. The summed E-state index contributed by atoms with van der Waals surface area (Å²) in [5.74, 6) is 0.776. The molecule has 0 bridgehead atoms. The Morgan fingerprint density at radius 3 is 2.52 bits per heavy atom. The van der Waals surface area contributed by atoms with Crippen LogP contribution in [0.3, 0.4) is 0 Å². The van der Waals surface area contributed by atoms with Crippen molar-refractivity contribution in [2.75, 3.05) is 46.9 Å². The van der Waals surface area contributed by atoms with E-state index in [2.05, 4.69) is 36.2 Å². The monoisotopic (exact) mass is 462 g/mol. The first kappa shape index (κ1) is 23.9. The zero-order valence-electron chi connectivity index (χ0n) is 19.4. The molecule has 2 aromatic rings. The van der Waals surface area contributed by atoms with Gasteiger partial charge in [0.2, 0.25) is 0 Å². The van der Waals surface area contributed by atoms with E-state index in [0.717, 1.165) is 37.6 Å². The Hall–Kier alpha value is -2.25. The standard InChI is InChI=1S/C26H33F3N2O2/c1-30-16-20-15-23(33-14-4-13-31-12-3-5-21(17-31)26(27,28)29)10-11-24(20)25(18-30)19-6-8-22(32-2)9-7-19/h6-11,15,21,25H,3-5,12-14,16-18H2,1-2H3. The van der Waals surface area contributed by atoms with E-state index in [-0.39, 0.29) is 13.0 Å². The molecule has 1 saturated heterocycles. The topological polar surface area (TPSA) is 24.9 Å². The fourth-order valence-corrected chi connectivity index (χ4v) is 5.04. The minimum absolute atomic E-state index is 0.113. The predicted molar refractivity (Wildman–Crippen MR) is 123 cm³/mol. The average molecular weight is 463 g/mol. The maximum absolute atomic E-state index is 13.0. The summed E-state index contributed by atoms with van der Waals surface area (Å²) >= 11 is 0. The molecule has 0 aromatic heterocycles. The molecule has 2 aromatic carbocycles. The van der Waals surface area contributed by atoms with Crippen LogP contribution in [0, 0.1) is 5.92 Å². The highest BCUT2D eigenvalue weighted by molar-refractivity contribution is 5.45. The molecule has 1 fully saturated rings. The molecule has 4 rings (SSSR count). The first-order valence-electron chi connectivity index (χ1n) is 11.7. The number of piperidine rings is 1. The van der Waals surface area contributed by atoms with E-state index in [1.54, 1.807) is 7.11 Å². The molecule has 2 aliphatic heterocycles. The second kappa shape index (κ2) is 10.3. The van der Waals surface area contributed by atoms with Gasteiger partial charge in [-0.2, -0.15) is 13.2 Å². The average Bonchev–Trinajstić information content (AvgIpc) is 2.81. The van der Waals surface area contributed by atoms with Gasteiger partial charge >= 0.3 is 6.18 Å². The third kappa shape index (κ3) is 6.01. The molecule has 33 heavy (non-hydrogen) atoms. The summed E-state index contributed by atoms with van der Waals surface area (Å²) in [4.78, 5) is 4.24. The van der Waals surface area contributed by atoms with Crippen molar-refractivity contribution in [2.24, 2.45) is 5.92 Å². The van der Waals surface area contributed by atoms with Gasteiger partial charge < -0.3 is 19.3 Å². The number of rotatable bonds is 7. The molecule has 0 radical (unpaired) electrons. The summed E-state index contributed by atoms with van der Waals surface area (Å²) < 4.78 is 50.3. The highest BCUT2D eigenvalue weighted by atomic mass is 19.4. The summed E-state index contributed by atoms with van der Waals surface area (Å²) in [5.41, 5.74) is 3.83. The summed E-state index contributed by atoms with van der Waals surface area (Å²) in [6.45, 7) is 3.82. The van der Waals surface area contributed by atoms with E-state index < -0.39 is 12.1 Å². The van der Waals surface area contributed by atoms with Crippen molar-refractivity contribution in [1.82, 2.24) is 9.80 Å². The highest BCUT2D eigenvalue weighted by Gasteiger charge is 2.41. The van der Waals surface area contributed by atoms with E-state index >= 15 is 0 Å². The lowest BCUT2D eigenvalue weighted by molar-refractivity contribution is -0.186. The van der Waals surface area contributed by atoms with Crippen molar-refractivity contribution in [3.8, 4) is 11.5 Å². The fourth-order valence-electron chi connectivity index (χ4n) is 5.04. The number of alkyl halides is 3. The fraction of sp³-hybridized carbons (Fsp3) is 0.538. The van der Waals surface area contributed by atoms with Crippen molar-refractivity contribution >= 4 is 0 Å². The molecule has 2 unspecified atom stereocenters. The zero-order chi connectivity index (χ0) is 23.4. The number of likely N-dealkylation sites (N-methyl/N-ethyl adjacent to an activating group) is 1. The van der Waals surface area contributed by atoms with Crippen LogP contribution in [0.5, 0.6) is 11.5 Å². The van der Waals surface area contributed by atoms with Gasteiger partial charge in [0.05, 0.1) is 19.6 Å². The summed E-state index contributed by atoms with van der Waals surface area (Å²) in [7, 11) is 3.80. The molecule has 0 N–H and O–H groups in total. The third-order valence-corrected chi connectivity index (χ3v) is 6.80. The number of likely N-dealkylation sites (tertiary alicyclic amines) is 1. The van der Waals surface area contributed by atoms with Crippen molar-refractivity contribution in [2.45, 2.75) is 37.9 Å². The Balaban J connectivity index is 1.33. The molecule has 7 heteroatoms. The van der Waals surface area contributed by atoms with Gasteiger partial charge in [-0.05, 0) is 73.8 Å². The maximum Gasteiger partial charge on any atom is 0.393 e. The molecule has 180 valence electrons. The summed E-state index contributed by atoms with van der Waals surface area (Å²) in [6, 6.07) is 14.5. The van der Waals surface area contributed by atoms with Crippen LogP contribution in [0.2, 0.25) is 0 Å². The van der Waals surface area contributed by atoms with E-state index in [9.17, 15) is 13.2 Å². The molecule has 0 amide bonds. The predicted octanol–water partition coefficient (Wildman–Crippen LogP) is 5.32.